The van der Waals surface area contributed by atoms with Gasteiger partial charge in [0, 0.05) is 25.6 Å². The molecule has 0 radical (unpaired) electrons. The molecule has 2 saturated heterocycles. The van der Waals surface area contributed by atoms with Crippen LogP contribution in [-0.2, 0) is 23.7 Å². The summed E-state index contributed by atoms with van der Waals surface area (Å²) in [6.07, 6.45) is -14.5. The third kappa shape index (κ3) is 6.13. The highest BCUT2D eigenvalue weighted by atomic mass is 16.7. The van der Waals surface area contributed by atoms with Crippen LogP contribution in [0.25, 0.3) is 0 Å². The topological polar surface area (TPSA) is 291 Å². The fourth-order valence-corrected chi connectivity index (χ4v) is 4.66. The molecule has 2 aliphatic heterocycles. The van der Waals surface area contributed by atoms with Crippen molar-refractivity contribution in [2.45, 2.75) is 105 Å². The maximum atomic E-state index is 11.2. The molecule has 16 heteroatoms. The van der Waals surface area contributed by atoms with Crippen molar-refractivity contribution in [1.82, 2.24) is 5.32 Å². The van der Waals surface area contributed by atoms with Crippen LogP contribution in [0.1, 0.15) is 13.3 Å². The first-order valence-corrected chi connectivity index (χ1v) is 11.8. The Kier molecular flexibility index (Phi) is 9.97. The third-order valence-electron chi connectivity index (χ3n) is 6.88. The summed E-state index contributed by atoms with van der Waals surface area (Å²) in [4.78, 5) is 11.2. The molecule has 0 aromatic carbocycles. The minimum absolute atomic E-state index is 0.0930. The third-order valence-corrected chi connectivity index (χ3v) is 6.88. The summed E-state index contributed by atoms with van der Waals surface area (Å²) < 4.78 is 22.7. The van der Waals surface area contributed by atoms with Crippen LogP contribution < -0.4 is 28.3 Å². The van der Waals surface area contributed by atoms with Crippen molar-refractivity contribution in [2.75, 3.05) is 13.2 Å². The lowest BCUT2D eigenvalue weighted by Crippen LogP contribution is -2.69. The molecular formula is C20H39N5O11. The minimum Gasteiger partial charge on any atom is -0.394 e. The molecule has 15 atom stereocenters. The number of nitrogens with one attached hydrogen (secondary N) is 1. The molecule has 0 aromatic rings. The summed E-state index contributed by atoms with van der Waals surface area (Å²) in [5, 5.41) is 64.0. The number of amides is 1. The molecule has 15 unspecified atom stereocenters. The summed E-state index contributed by atoms with van der Waals surface area (Å²) >= 11 is 0. The van der Waals surface area contributed by atoms with E-state index in [2.05, 4.69) is 5.32 Å². The van der Waals surface area contributed by atoms with Gasteiger partial charge in [-0.15, -0.1) is 0 Å². The Balaban J connectivity index is 1.72. The minimum atomic E-state index is -1.50. The average molecular weight is 526 g/mol. The van der Waals surface area contributed by atoms with E-state index >= 15 is 0 Å². The SMILES string of the molecule is CC(=O)NCC1OC(OC2C(N)CC(N)C(OC3OC(CO)C(O)C(N)C3O)C2O)C(N)C(O)C1O. The van der Waals surface area contributed by atoms with Crippen LogP contribution in [0.4, 0.5) is 0 Å². The van der Waals surface area contributed by atoms with Gasteiger partial charge in [0.25, 0.3) is 0 Å². The highest BCUT2D eigenvalue weighted by Gasteiger charge is 2.51. The second kappa shape index (κ2) is 12.2. The number of hydrogen-bond acceptors (Lipinski definition) is 15. The highest BCUT2D eigenvalue weighted by Crippen LogP contribution is 2.31. The van der Waals surface area contributed by atoms with E-state index in [0.29, 0.717) is 0 Å². The maximum absolute atomic E-state index is 11.2. The lowest BCUT2D eigenvalue weighted by atomic mass is 9.84. The number of aliphatic hydroxyl groups excluding tert-OH is 6. The molecule has 3 aliphatic rings. The molecule has 1 amide bonds. The van der Waals surface area contributed by atoms with Crippen LogP contribution in [0, 0.1) is 0 Å². The van der Waals surface area contributed by atoms with Crippen LogP contribution in [0.15, 0.2) is 0 Å². The molecule has 0 bridgehead atoms. The van der Waals surface area contributed by atoms with Gasteiger partial charge in [-0.25, -0.2) is 0 Å². The molecule has 3 fully saturated rings. The van der Waals surface area contributed by atoms with E-state index in [1.807, 2.05) is 0 Å². The van der Waals surface area contributed by atoms with Crippen LogP contribution >= 0.6 is 0 Å². The summed E-state index contributed by atoms with van der Waals surface area (Å²) in [6.45, 7) is 0.544. The monoisotopic (exact) mass is 525 g/mol. The summed E-state index contributed by atoms with van der Waals surface area (Å²) in [7, 11) is 0. The fraction of sp³-hybridized carbons (Fsp3) is 0.950. The molecule has 0 spiro atoms. The van der Waals surface area contributed by atoms with E-state index in [-0.39, 0.29) is 18.9 Å². The van der Waals surface area contributed by atoms with Crippen molar-refractivity contribution in [3.63, 3.8) is 0 Å². The number of carbonyl (C=O) groups excluding carboxylic acids is 1. The highest BCUT2D eigenvalue weighted by molar-refractivity contribution is 5.72. The molecule has 2 heterocycles. The van der Waals surface area contributed by atoms with Crippen molar-refractivity contribution in [3.05, 3.63) is 0 Å². The van der Waals surface area contributed by atoms with Gasteiger partial charge >= 0.3 is 0 Å². The number of nitrogens with two attached hydrogens (primary N) is 4. The summed E-state index contributed by atoms with van der Waals surface area (Å²) in [6, 6.07) is -4.08. The number of ether oxygens (including phenoxy) is 4. The van der Waals surface area contributed by atoms with Gasteiger partial charge in [-0.2, -0.15) is 0 Å². The van der Waals surface area contributed by atoms with Gasteiger partial charge in [-0.3, -0.25) is 4.79 Å². The second-order valence-electron chi connectivity index (χ2n) is 9.58. The number of hydrogen-bond donors (Lipinski definition) is 11. The van der Waals surface area contributed by atoms with E-state index in [1.165, 1.54) is 6.92 Å². The van der Waals surface area contributed by atoms with Gasteiger partial charge < -0.3 is 77.8 Å². The van der Waals surface area contributed by atoms with Gasteiger partial charge in [0.15, 0.2) is 12.6 Å². The van der Waals surface area contributed by atoms with E-state index in [4.69, 9.17) is 41.9 Å². The van der Waals surface area contributed by atoms with Gasteiger partial charge in [-0.1, -0.05) is 0 Å². The molecular weight excluding hydrogens is 486 g/mol. The average Bonchev–Trinajstić information content (AvgIpc) is 2.83. The second-order valence-corrected chi connectivity index (χ2v) is 9.58. The zero-order chi connectivity index (χ0) is 26.9. The molecule has 0 aromatic heterocycles. The Labute approximate surface area is 207 Å². The number of rotatable bonds is 7. The van der Waals surface area contributed by atoms with E-state index in [9.17, 15) is 35.4 Å². The molecule has 1 aliphatic carbocycles. The summed E-state index contributed by atoms with van der Waals surface area (Å²) in [5.41, 5.74) is 24.1. The van der Waals surface area contributed by atoms with E-state index in [0.717, 1.165) is 0 Å². The van der Waals surface area contributed by atoms with Gasteiger partial charge in [0.2, 0.25) is 5.91 Å². The molecule has 15 N–H and O–H groups in total. The number of aliphatic hydroxyl groups is 6. The lowest BCUT2D eigenvalue weighted by Gasteiger charge is -2.48. The quantitative estimate of drug-likeness (QED) is 0.147. The normalized spacial score (nSPS) is 50.0. The largest absolute Gasteiger partial charge is 0.394 e. The van der Waals surface area contributed by atoms with Gasteiger partial charge in [0.05, 0.1) is 18.7 Å². The Morgan fingerprint density at radius 2 is 1.36 bits per heavy atom. The van der Waals surface area contributed by atoms with Crippen molar-refractivity contribution in [2.24, 2.45) is 22.9 Å². The van der Waals surface area contributed by atoms with Gasteiger partial charge in [-0.05, 0) is 6.42 Å². The van der Waals surface area contributed by atoms with Gasteiger partial charge in [0.1, 0.15) is 54.9 Å². The maximum Gasteiger partial charge on any atom is 0.216 e. The van der Waals surface area contributed by atoms with Crippen LogP contribution in [-0.4, -0.2) is 141 Å². The van der Waals surface area contributed by atoms with Crippen molar-refractivity contribution in [1.29, 1.82) is 0 Å². The smallest absolute Gasteiger partial charge is 0.216 e. The molecule has 210 valence electrons. The van der Waals surface area contributed by atoms with Crippen molar-refractivity contribution in [3.8, 4) is 0 Å². The van der Waals surface area contributed by atoms with Crippen LogP contribution in [0.2, 0.25) is 0 Å². The first kappa shape index (κ1) is 29.5. The molecule has 3 rings (SSSR count). The van der Waals surface area contributed by atoms with Crippen LogP contribution in [0.5, 0.6) is 0 Å². The Morgan fingerprint density at radius 3 is 1.92 bits per heavy atom. The molecule has 16 nitrogen and oxygen atoms in total. The molecule has 1 saturated carbocycles. The summed E-state index contributed by atoms with van der Waals surface area (Å²) in [5.74, 6) is -0.380. The lowest BCUT2D eigenvalue weighted by molar-refractivity contribution is -0.319. The van der Waals surface area contributed by atoms with Crippen molar-refractivity contribution < 1.29 is 54.4 Å². The Bertz CT molecular complexity index is 738. The number of carbonyl (C=O) groups is 1. The van der Waals surface area contributed by atoms with E-state index < -0.39 is 98.3 Å². The first-order chi connectivity index (χ1) is 16.9. The Hall–Kier alpha value is -1.09. The van der Waals surface area contributed by atoms with Crippen molar-refractivity contribution >= 4 is 5.91 Å². The fourth-order valence-electron chi connectivity index (χ4n) is 4.66. The Morgan fingerprint density at radius 1 is 0.806 bits per heavy atom. The van der Waals surface area contributed by atoms with Crippen LogP contribution in [0.3, 0.4) is 0 Å². The predicted octanol–water partition coefficient (Wildman–Crippen LogP) is -7.15. The molecule has 36 heavy (non-hydrogen) atoms. The van der Waals surface area contributed by atoms with E-state index in [1.54, 1.807) is 0 Å². The zero-order valence-electron chi connectivity index (χ0n) is 19.8. The standard InChI is InChI=1S/C20H39N5O11/c1-5(27)25-3-8-13(29)14(30)11(24)19(33-8)35-17-6(21)2-7(22)18(16(17)32)36-20-15(31)10(23)12(28)9(4-26)34-20/h6-20,26,28-32H,2-4,21-24H2,1H3,(H,25,27). The first-order valence-electron chi connectivity index (χ1n) is 11.8. The predicted molar refractivity (Wildman–Crippen MR) is 119 cm³/mol. The zero-order valence-corrected chi connectivity index (χ0v) is 19.8.